The van der Waals surface area contributed by atoms with Gasteiger partial charge in [-0.05, 0) is 35.2 Å². The molecule has 2 rings (SSSR count). The summed E-state index contributed by atoms with van der Waals surface area (Å²) in [5.41, 5.74) is 2.73. The average molecular weight is 213 g/mol. The lowest BCUT2D eigenvalue weighted by Gasteiger charge is -2.12. The van der Waals surface area contributed by atoms with E-state index in [-0.39, 0.29) is 0 Å². The lowest BCUT2D eigenvalue weighted by Crippen LogP contribution is -1.96. The van der Waals surface area contributed by atoms with E-state index >= 15 is 0 Å². The average Bonchev–Trinajstić information content (AvgIpc) is 2.35. The first-order valence-electron chi connectivity index (χ1n) is 6.05. The molecule has 0 aromatic heterocycles. The number of aryl methyl sites for hydroxylation is 1. The summed E-state index contributed by atoms with van der Waals surface area (Å²) in [6, 6.07) is 13.0. The van der Waals surface area contributed by atoms with Crippen molar-refractivity contribution in [1.82, 2.24) is 0 Å². The van der Waals surface area contributed by atoms with Gasteiger partial charge in [0.1, 0.15) is 0 Å². The van der Waals surface area contributed by atoms with Crippen LogP contribution in [0.2, 0.25) is 0 Å². The maximum Gasteiger partial charge on any atom is 0.0376 e. The largest absolute Gasteiger partial charge is 0.388 e. The molecule has 0 spiro atoms. The van der Waals surface area contributed by atoms with Crippen molar-refractivity contribution in [2.24, 2.45) is 0 Å². The van der Waals surface area contributed by atoms with Crippen LogP contribution >= 0.6 is 0 Å². The summed E-state index contributed by atoms with van der Waals surface area (Å²) in [7, 11) is 2.00. The van der Waals surface area contributed by atoms with Crippen LogP contribution in [0.15, 0.2) is 36.4 Å². The summed E-state index contributed by atoms with van der Waals surface area (Å²) in [5.74, 6) is 0. The van der Waals surface area contributed by atoms with Gasteiger partial charge in [0.25, 0.3) is 0 Å². The molecular weight excluding hydrogens is 194 g/mol. The highest BCUT2D eigenvalue weighted by Gasteiger charge is 2.05. The predicted octanol–water partition coefficient (Wildman–Crippen LogP) is 4.22. The van der Waals surface area contributed by atoms with Gasteiger partial charge < -0.3 is 5.32 Å². The molecule has 0 unspecified atom stereocenters. The molecule has 84 valence electrons. The Morgan fingerprint density at radius 2 is 1.88 bits per heavy atom. The summed E-state index contributed by atoms with van der Waals surface area (Å²) in [6.45, 7) is 2.24. The van der Waals surface area contributed by atoms with Gasteiger partial charge in [0.2, 0.25) is 0 Å². The summed E-state index contributed by atoms with van der Waals surface area (Å²) in [6.07, 6.45) is 3.66. The smallest absolute Gasteiger partial charge is 0.0376 e. The zero-order chi connectivity index (χ0) is 11.4. The third kappa shape index (κ3) is 2.04. The van der Waals surface area contributed by atoms with E-state index in [1.54, 1.807) is 0 Å². The third-order valence-electron chi connectivity index (χ3n) is 3.09. The van der Waals surface area contributed by atoms with E-state index in [0.29, 0.717) is 0 Å². The molecule has 0 aliphatic carbocycles. The Hall–Kier alpha value is -1.50. The maximum absolute atomic E-state index is 3.30. The highest BCUT2D eigenvalue weighted by Crippen LogP contribution is 2.27. The number of rotatable bonds is 4. The second-order valence-corrected chi connectivity index (χ2v) is 4.17. The van der Waals surface area contributed by atoms with Gasteiger partial charge in [-0.3, -0.25) is 0 Å². The molecule has 1 N–H and O–H groups in total. The second kappa shape index (κ2) is 5.02. The lowest BCUT2D eigenvalue weighted by molar-refractivity contribution is 0.800. The number of hydrogen-bond acceptors (Lipinski definition) is 1. The topological polar surface area (TPSA) is 12.0 Å². The van der Waals surface area contributed by atoms with Crippen molar-refractivity contribution >= 4 is 16.5 Å². The SMILES string of the molecule is CCCCc1c(NC)ccc2ccccc12. The van der Waals surface area contributed by atoms with Gasteiger partial charge in [0, 0.05) is 12.7 Å². The molecule has 0 amide bonds. The van der Waals surface area contributed by atoms with Crippen LogP contribution in [-0.2, 0) is 6.42 Å². The molecule has 0 aliphatic rings. The highest BCUT2D eigenvalue weighted by molar-refractivity contribution is 5.90. The van der Waals surface area contributed by atoms with Gasteiger partial charge in [0.05, 0.1) is 0 Å². The highest BCUT2D eigenvalue weighted by atomic mass is 14.8. The molecule has 0 radical (unpaired) electrons. The summed E-state index contributed by atoms with van der Waals surface area (Å²) in [5, 5.41) is 6.03. The van der Waals surface area contributed by atoms with E-state index in [9.17, 15) is 0 Å². The molecule has 1 heteroatoms. The Kier molecular flexibility index (Phi) is 3.45. The molecule has 2 aromatic rings. The van der Waals surface area contributed by atoms with Crippen molar-refractivity contribution in [3.05, 3.63) is 42.0 Å². The van der Waals surface area contributed by atoms with E-state index in [4.69, 9.17) is 0 Å². The Balaban J connectivity index is 2.54. The summed E-state index contributed by atoms with van der Waals surface area (Å²) in [4.78, 5) is 0. The normalized spacial score (nSPS) is 10.6. The van der Waals surface area contributed by atoms with Crippen molar-refractivity contribution in [1.29, 1.82) is 0 Å². The van der Waals surface area contributed by atoms with Crippen LogP contribution in [0.4, 0.5) is 5.69 Å². The van der Waals surface area contributed by atoms with Gasteiger partial charge in [-0.2, -0.15) is 0 Å². The van der Waals surface area contributed by atoms with Crippen molar-refractivity contribution in [3.8, 4) is 0 Å². The van der Waals surface area contributed by atoms with E-state index in [1.165, 1.54) is 34.9 Å². The lowest BCUT2D eigenvalue weighted by atomic mass is 9.98. The van der Waals surface area contributed by atoms with Crippen LogP contribution < -0.4 is 5.32 Å². The molecule has 0 fully saturated rings. The van der Waals surface area contributed by atoms with Crippen LogP contribution in [0, 0.1) is 0 Å². The Bertz CT molecular complexity index is 474. The van der Waals surface area contributed by atoms with E-state index in [2.05, 4.69) is 48.6 Å². The molecule has 0 saturated carbocycles. The molecule has 0 atom stereocenters. The molecule has 2 aromatic carbocycles. The minimum atomic E-state index is 1.16. The van der Waals surface area contributed by atoms with Crippen molar-refractivity contribution in [2.45, 2.75) is 26.2 Å². The molecule has 0 bridgehead atoms. The number of benzene rings is 2. The monoisotopic (exact) mass is 213 g/mol. The minimum absolute atomic E-state index is 1.16. The molecule has 0 heterocycles. The molecular formula is C15H19N. The zero-order valence-corrected chi connectivity index (χ0v) is 10.1. The Morgan fingerprint density at radius 3 is 2.62 bits per heavy atom. The van der Waals surface area contributed by atoms with Crippen molar-refractivity contribution in [2.75, 3.05) is 12.4 Å². The van der Waals surface area contributed by atoms with Crippen molar-refractivity contribution < 1.29 is 0 Å². The Labute approximate surface area is 97.5 Å². The van der Waals surface area contributed by atoms with Crippen molar-refractivity contribution in [3.63, 3.8) is 0 Å². The standard InChI is InChI=1S/C15H19N/c1-3-4-8-14-13-9-6-5-7-12(13)10-11-15(14)16-2/h5-7,9-11,16H,3-4,8H2,1-2H3. The van der Waals surface area contributed by atoms with Gasteiger partial charge >= 0.3 is 0 Å². The summed E-state index contributed by atoms with van der Waals surface area (Å²) < 4.78 is 0. The van der Waals surface area contributed by atoms with Gasteiger partial charge in [-0.1, -0.05) is 43.7 Å². The fraction of sp³-hybridized carbons (Fsp3) is 0.333. The number of unbranched alkanes of at least 4 members (excludes halogenated alkanes) is 1. The number of hydrogen-bond donors (Lipinski definition) is 1. The minimum Gasteiger partial charge on any atom is -0.388 e. The van der Waals surface area contributed by atoms with Gasteiger partial charge in [0.15, 0.2) is 0 Å². The zero-order valence-electron chi connectivity index (χ0n) is 10.1. The first-order chi connectivity index (χ1) is 7.86. The first-order valence-corrected chi connectivity index (χ1v) is 6.05. The summed E-state index contributed by atoms with van der Waals surface area (Å²) >= 11 is 0. The first kappa shape index (κ1) is 11.0. The van der Waals surface area contributed by atoms with E-state index in [0.717, 1.165) is 6.42 Å². The van der Waals surface area contributed by atoms with Crippen LogP contribution in [0.1, 0.15) is 25.3 Å². The number of nitrogens with one attached hydrogen (secondary N) is 1. The quantitative estimate of drug-likeness (QED) is 0.801. The Morgan fingerprint density at radius 1 is 1.06 bits per heavy atom. The molecule has 0 saturated heterocycles. The van der Waals surface area contributed by atoms with Crippen LogP contribution in [0.3, 0.4) is 0 Å². The van der Waals surface area contributed by atoms with E-state index < -0.39 is 0 Å². The van der Waals surface area contributed by atoms with Crippen LogP contribution in [0.5, 0.6) is 0 Å². The van der Waals surface area contributed by atoms with E-state index in [1.807, 2.05) is 7.05 Å². The van der Waals surface area contributed by atoms with Crippen LogP contribution in [-0.4, -0.2) is 7.05 Å². The second-order valence-electron chi connectivity index (χ2n) is 4.17. The third-order valence-corrected chi connectivity index (χ3v) is 3.09. The predicted molar refractivity (Wildman–Crippen MR) is 72.1 cm³/mol. The number of anilines is 1. The molecule has 1 nitrogen and oxygen atoms in total. The molecule has 0 aliphatic heterocycles. The fourth-order valence-corrected chi connectivity index (χ4v) is 2.19. The van der Waals surface area contributed by atoms with Gasteiger partial charge in [-0.15, -0.1) is 0 Å². The molecule has 16 heavy (non-hydrogen) atoms. The fourth-order valence-electron chi connectivity index (χ4n) is 2.19. The van der Waals surface area contributed by atoms with Crippen LogP contribution in [0.25, 0.3) is 10.8 Å². The maximum atomic E-state index is 3.30. The van der Waals surface area contributed by atoms with Gasteiger partial charge in [-0.25, -0.2) is 0 Å². The number of fused-ring (bicyclic) bond motifs is 1.